The van der Waals surface area contributed by atoms with Gasteiger partial charge in [0.1, 0.15) is 5.25 Å². The zero-order valence-corrected chi connectivity index (χ0v) is 15.9. The summed E-state index contributed by atoms with van der Waals surface area (Å²) in [6.07, 6.45) is 0.540. The number of amides is 3. The molecule has 1 aliphatic heterocycles. The monoisotopic (exact) mass is 415 g/mol. The van der Waals surface area contributed by atoms with Crippen LogP contribution in [0.1, 0.15) is 5.56 Å². The van der Waals surface area contributed by atoms with Crippen LogP contribution in [0.25, 0.3) is 0 Å². The third kappa shape index (κ3) is 4.54. The van der Waals surface area contributed by atoms with Gasteiger partial charge in [0.2, 0.25) is 5.91 Å². The van der Waals surface area contributed by atoms with E-state index in [-0.39, 0.29) is 12.2 Å². The van der Waals surface area contributed by atoms with Gasteiger partial charge in [0, 0.05) is 23.6 Å². The molecule has 0 saturated carbocycles. The maximum atomic E-state index is 12.4. The number of carboxylic acids is 1. The normalized spacial score (nSPS) is 18.1. The Labute approximate surface area is 169 Å². The fourth-order valence-electron chi connectivity index (χ4n) is 2.90. The van der Waals surface area contributed by atoms with Gasteiger partial charge >= 0.3 is 12.0 Å². The summed E-state index contributed by atoms with van der Waals surface area (Å²) in [4.78, 5) is 47.7. The number of nitro benzene ring substituents is 1. The summed E-state index contributed by atoms with van der Waals surface area (Å²) in [5.41, 5.74) is 0.834. The maximum Gasteiger partial charge on any atom is 0.328 e. The average Bonchev–Trinajstić information content (AvgIpc) is 2.70. The van der Waals surface area contributed by atoms with E-state index in [4.69, 9.17) is 0 Å². The number of hydrogen-bond donors (Lipinski definition) is 2. The second-order valence-electron chi connectivity index (χ2n) is 6.25. The second kappa shape index (κ2) is 8.74. The number of carboxylic acid groups (broad SMARTS) is 1. The van der Waals surface area contributed by atoms with Crippen LogP contribution in [-0.2, 0) is 16.0 Å². The quantitative estimate of drug-likeness (QED) is 0.403. The maximum absolute atomic E-state index is 12.4. The molecule has 150 valence electrons. The smallest absolute Gasteiger partial charge is 0.328 e. The Hall–Kier alpha value is -3.40. The summed E-state index contributed by atoms with van der Waals surface area (Å²) in [6, 6.07) is 12.8. The molecular weight excluding hydrogens is 398 g/mol. The highest BCUT2D eigenvalue weighted by Gasteiger charge is 2.55. The van der Waals surface area contributed by atoms with Crippen LogP contribution in [0.2, 0.25) is 0 Å². The fourth-order valence-corrected chi connectivity index (χ4v) is 4.12. The minimum Gasteiger partial charge on any atom is -0.480 e. The molecule has 1 aliphatic rings. The molecule has 0 bridgehead atoms. The van der Waals surface area contributed by atoms with Gasteiger partial charge in [0.15, 0.2) is 6.04 Å². The lowest BCUT2D eigenvalue weighted by Gasteiger charge is -2.42. The van der Waals surface area contributed by atoms with Crippen LogP contribution in [0, 0.1) is 10.1 Å². The minimum atomic E-state index is -1.34. The van der Waals surface area contributed by atoms with E-state index in [1.54, 1.807) is 6.07 Å². The van der Waals surface area contributed by atoms with Gasteiger partial charge in [-0.25, -0.2) is 14.5 Å². The largest absolute Gasteiger partial charge is 0.480 e. The highest BCUT2D eigenvalue weighted by Crippen LogP contribution is 2.37. The molecule has 1 heterocycles. The molecule has 0 aromatic heterocycles. The van der Waals surface area contributed by atoms with Crippen molar-refractivity contribution in [2.24, 2.45) is 0 Å². The zero-order valence-electron chi connectivity index (χ0n) is 15.1. The van der Waals surface area contributed by atoms with Crippen molar-refractivity contribution in [1.29, 1.82) is 0 Å². The predicted octanol–water partition coefficient (Wildman–Crippen LogP) is 2.30. The number of carbonyl (C=O) groups is 3. The third-order valence-corrected chi connectivity index (χ3v) is 5.58. The number of rotatable bonds is 7. The molecule has 2 aromatic carbocycles. The van der Waals surface area contributed by atoms with Crippen molar-refractivity contribution in [3.8, 4) is 0 Å². The Kier molecular flexibility index (Phi) is 6.13. The van der Waals surface area contributed by atoms with Crippen molar-refractivity contribution in [1.82, 2.24) is 10.2 Å². The second-order valence-corrected chi connectivity index (χ2v) is 7.47. The first kappa shape index (κ1) is 20.3. The summed E-state index contributed by atoms with van der Waals surface area (Å²) in [6.45, 7) is 0.252. The van der Waals surface area contributed by atoms with Crippen LogP contribution < -0.4 is 5.32 Å². The van der Waals surface area contributed by atoms with Gasteiger partial charge in [-0.3, -0.25) is 14.9 Å². The topological polar surface area (TPSA) is 130 Å². The van der Waals surface area contributed by atoms with Gasteiger partial charge in [-0.05, 0) is 18.1 Å². The molecule has 3 amide bonds. The molecule has 1 saturated heterocycles. The highest BCUT2D eigenvalue weighted by atomic mass is 32.2. The molecule has 10 heteroatoms. The molecule has 0 radical (unpaired) electrons. The van der Waals surface area contributed by atoms with Gasteiger partial charge in [-0.15, -0.1) is 11.8 Å². The highest BCUT2D eigenvalue weighted by molar-refractivity contribution is 8.00. The van der Waals surface area contributed by atoms with Gasteiger partial charge in [-0.2, -0.15) is 0 Å². The number of nitrogens with zero attached hydrogens (tertiary/aromatic N) is 2. The minimum absolute atomic E-state index is 0.163. The number of hydrogen-bond acceptors (Lipinski definition) is 6. The lowest BCUT2D eigenvalue weighted by Crippen LogP contribution is -2.70. The van der Waals surface area contributed by atoms with Gasteiger partial charge in [0.05, 0.1) is 4.92 Å². The average molecular weight is 415 g/mol. The van der Waals surface area contributed by atoms with Crippen molar-refractivity contribution < 1.29 is 24.4 Å². The number of thioether (sulfide) groups is 1. The SMILES string of the molecule is O=C(O)C1C(Sc2cccc([N+](=O)[O-])c2)C(=O)N1C(=O)NCCc1ccccc1. The van der Waals surface area contributed by atoms with Gasteiger partial charge in [0.25, 0.3) is 5.69 Å². The fraction of sp³-hybridized carbons (Fsp3) is 0.211. The van der Waals surface area contributed by atoms with E-state index in [9.17, 15) is 29.6 Å². The summed E-state index contributed by atoms with van der Waals surface area (Å²) < 4.78 is 0. The van der Waals surface area contributed by atoms with Crippen LogP contribution in [-0.4, -0.2) is 50.7 Å². The molecule has 2 unspecified atom stereocenters. The first-order valence-corrected chi connectivity index (χ1v) is 9.55. The number of carbonyl (C=O) groups excluding carboxylic acids is 2. The molecule has 0 aliphatic carbocycles. The Balaban J connectivity index is 1.63. The summed E-state index contributed by atoms with van der Waals surface area (Å²) >= 11 is 0.892. The summed E-state index contributed by atoms with van der Waals surface area (Å²) in [5, 5.41) is 21.9. The lowest BCUT2D eigenvalue weighted by atomic mass is 10.0. The van der Waals surface area contributed by atoms with Crippen LogP contribution >= 0.6 is 11.8 Å². The first-order chi connectivity index (χ1) is 13.9. The first-order valence-electron chi connectivity index (χ1n) is 8.67. The van der Waals surface area contributed by atoms with Crippen molar-refractivity contribution in [2.75, 3.05) is 6.54 Å². The van der Waals surface area contributed by atoms with Crippen LogP contribution in [0.4, 0.5) is 10.5 Å². The van der Waals surface area contributed by atoms with Crippen molar-refractivity contribution in [2.45, 2.75) is 22.6 Å². The Bertz CT molecular complexity index is 952. The standard InChI is InChI=1S/C19H17N3O6S/c23-17-16(29-14-8-4-7-13(11-14)22(27)28)15(18(24)25)21(17)19(26)20-10-9-12-5-2-1-3-6-12/h1-8,11,15-16H,9-10H2,(H,20,26)(H,24,25). The third-order valence-electron chi connectivity index (χ3n) is 4.34. The molecule has 3 rings (SSSR count). The number of imide groups is 1. The molecule has 2 atom stereocenters. The van der Waals surface area contributed by atoms with Gasteiger partial charge < -0.3 is 10.4 Å². The number of nitro groups is 1. The van der Waals surface area contributed by atoms with E-state index >= 15 is 0 Å². The van der Waals surface area contributed by atoms with E-state index in [0.29, 0.717) is 16.2 Å². The van der Waals surface area contributed by atoms with Crippen molar-refractivity contribution >= 4 is 35.4 Å². The Morgan fingerprint density at radius 1 is 1.17 bits per heavy atom. The predicted molar refractivity (Wildman–Crippen MR) is 105 cm³/mol. The van der Waals surface area contributed by atoms with E-state index in [0.717, 1.165) is 17.3 Å². The number of β-lactam (4-membered cyclic amide) rings is 1. The number of nitrogens with one attached hydrogen (secondary N) is 1. The van der Waals surface area contributed by atoms with Crippen molar-refractivity contribution in [3.63, 3.8) is 0 Å². The molecule has 2 N–H and O–H groups in total. The summed E-state index contributed by atoms with van der Waals surface area (Å²) in [5.74, 6) is -1.96. The van der Waals surface area contributed by atoms with E-state index in [1.165, 1.54) is 18.2 Å². The van der Waals surface area contributed by atoms with E-state index < -0.39 is 34.1 Å². The van der Waals surface area contributed by atoms with E-state index in [2.05, 4.69) is 5.32 Å². The molecular formula is C19H17N3O6S. The van der Waals surface area contributed by atoms with Crippen LogP contribution in [0.3, 0.4) is 0 Å². The molecule has 1 fully saturated rings. The number of benzene rings is 2. The number of aliphatic carboxylic acids is 1. The van der Waals surface area contributed by atoms with E-state index in [1.807, 2.05) is 30.3 Å². The molecule has 2 aromatic rings. The Morgan fingerprint density at radius 3 is 2.55 bits per heavy atom. The summed E-state index contributed by atoms with van der Waals surface area (Å²) in [7, 11) is 0. The molecule has 29 heavy (non-hydrogen) atoms. The lowest BCUT2D eigenvalue weighted by molar-refractivity contribution is -0.385. The Morgan fingerprint density at radius 2 is 1.90 bits per heavy atom. The van der Waals surface area contributed by atoms with Crippen LogP contribution in [0.15, 0.2) is 59.5 Å². The number of likely N-dealkylation sites (tertiary alicyclic amines) is 1. The number of non-ortho nitro benzene ring substituents is 1. The van der Waals surface area contributed by atoms with Crippen molar-refractivity contribution in [3.05, 3.63) is 70.3 Å². The molecule has 9 nitrogen and oxygen atoms in total. The van der Waals surface area contributed by atoms with Gasteiger partial charge in [-0.1, -0.05) is 36.4 Å². The van der Waals surface area contributed by atoms with Crippen LogP contribution in [0.5, 0.6) is 0 Å². The zero-order chi connectivity index (χ0) is 21.0. The molecule has 0 spiro atoms. The number of urea groups is 1.